The number of hydrogen-bond donors (Lipinski definition) is 1. The van der Waals surface area contributed by atoms with E-state index in [1.165, 1.54) is 5.56 Å². The highest BCUT2D eigenvalue weighted by molar-refractivity contribution is 6.12. The number of nitrogens with one attached hydrogen (secondary N) is 1. The molecule has 0 amide bonds. The molecule has 2 aromatic heterocycles. The van der Waals surface area contributed by atoms with E-state index >= 15 is 0 Å². The molecule has 0 atom stereocenters. The van der Waals surface area contributed by atoms with E-state index in [1.54, 1.807) is 6.20 Å². The molecule has 5 aromatic rings. The minimum absolute atomic E-state index is 0.841. The number of pyridine rings is 2. The van der Waals surface area contributed by atoms with Crippen LogP contribution in [0.5, 0.6) is 0 Å². The largest absolute Gasteiger partial charge is 0.359 e. The minimum Gasteiger partial charge on any atom is -0.359 e. The summed E-state index contributed by atoms with van der Waals surface area (Å²) in [6.45, 7) is 2.09. The number of anilines is 1. The van der Waals surface area contributed by atoms with Gasteiger partial charge in [0, 0.05) is 41.2 Å². The molecule has 1 N–H and O–H groups in total. The van der Waals surface area contributed by atoms with Crippen LogP contribution in [0.4, 0.5) is 11.4 Å². The van der Waals surface area contributed by atoms with Gasteiger partial charge in [0.15, 0.2) is 0 Å². The summed E-state index contributed by atoms with van der Waals surface area (Å²) in [7, 11) is 0. The maximum atomic E-state index is 4.80. The summed E-state index contributed by atoms with van der Waals surface area (Å²) in [4.78, 5) is 13.8. The van der Waals surface area contributed by atoms with Gasteiger partial charge in [0.1, 0.15) is 0 Å². The zero-order chi connectivity index (χ0) is 21.8. The van der Waals surface area contributed by atoms with E-state index in [0.717, 1.165) is 44.3 Å². The molecule has 3 aromatic carbocycles. The molecule has 2 heterocycles. The number of nitrogens with zero attached hydrogens (tertiary/aromatic N) is 3. The molecule has 4 heteroatoms. The number of aryl methyl sites for hydroxylation is 1. The number of allylic oxidation sites excluding steroid dienone is 1. The Bertz CT molecular complexity index is 1440. The van der Waals surface area contributed by atoms with Gasteiger partial charge in [-0.2, -0.15) is 0 Å². The molecule has 154 valence electrons. The first-order chi connectivity index (χ1) is 15.8. The maximum Gasteiger partial charge on any atom is 0.0958 e. The summed E-state index contributed by atoms with van der Waals surface area (Å²) >= 11 is 0. The lowest BCUT2D eigenvalue weighted by molar-refractivity contribution is 1.39. The molecular formula is C28H22N4. The number of benzene rings is 3. The topological polar surface area (TPSA) is 50.2 Å². The second-order valence-electron chi connectivity index (χ2n) is 7.60. The van der Waals surface area contributed by atoms with E-state index < -0.39 is 0 Å². The molecule has 0 saturated heterocycles. The molecule has 0 aliphatic carbocycles. The van der Waals surface area contributed by atoms with E-state index in [4.69, 9.17) is 4.99 Å². The van der Waals surface area contributed by atoms with Crippen LogP contribution in [0.3, 0.4) is 0 Å². The summed E-state index contributed by atoms with van der Waals surface area (Å²) in [6, 6.07) is 28.6. The van der Waals surface area contributed by atoms with Crippen LogP contribution >= 0.6 is 0 Å². The predicted molar refractivity (Wildman–Crippen MR) is 134 cm³/mol. The van der Waals surface area contributed by atoms with Crippen molar-refractivity contribution in [2.45, 2.75) is 6.92 Å². The number of aromatic nitrogens is 2. The molecule has 0 unspecified atom stereocenters. The van der Waals surface area contributed by atoms with E-state index in [9.17, 15) is 0 Å². The predicted octanol–water partition coefficient (Wildman–Crippen LogP) is 6.95. The highest BCUT2D eigenvalue weighted by Crippen LogP contribution is 2.25. The Kier molecular flexibility index (Phi) is 5.41. The van der Waals surface area contributed by atoms with Crippen molar-refractivity contribution in [3.8, 4) is 0 Å². The van der Waals surface area contributed by atoms with Gasteiger partial charge in [-0.15, -0.1) is 0 Å². The lowest BCUT2D eigenvalue weighted by Gasteiger charge is -2.08. The molecule has 5 rings (SSSR count). The van der Waals surface area contributed by atoms with Gasteiger partial charge in [0.2, 0.25) is 0 Å². The maximum absolute atomic E-state index is 4.80. The first kappa shape index (κ1) is 19.6. The zero-order valence-electron chi connectivity index (χ0n) is 17.7. The number of aliphatic imine (C=N–C) groups is 1. The van der Waals surface area contributed by atoms with Crippen molar-refractivity contribution in [2.24, 2.45) is 4.99 Å². The second kappa shape index (κ2) is 8.82. The van der Waals surface area contributed by atoms with Gasteiger partial charge >= 0.3 is 0 Å². The SMILES string of the molecule is Cc1ccc(/C(C=Nc2cccc3cccnc23)=C\Nc2cccc3cccnc23)cc1. The van der Waals surface area contributed by atoms with Crippen molar-refractivity contribution in [1.29, 1.82) is 0 Å². The summed E-state index contributed by atoms with van der Waals surface area (Å²) in [6.07, 6.45) is 7.48. The first-order valence-corrected chi connectivity index (χ1v) is 10.5. The van der Waals surface area contributed by atoms with Crippen molar-refractivity contribution in [2.75, 3.05) is 5.32 Å². The van der Waals surface area contributed by atoms with Gasteiger partial charge in [-0.25, -0.2) is 0 Å². The average molecular weight is 415 g/mol. The third kappa shape index (κ3) is 4.12. The molecule has 0 radical (unpaired) electrons. The smallest absolute Gasteiger partial charge is 0.0958 e. The molecule has 32 heavy (non-hydrogen) atoms. The Labute approximate surface area is 187 Å². The van der Waals surface area contributed by atoms with Gasteiger partial charge in [0.25, 0.3) is 0 Å². The Morgan fingerprint density at radius 2 is 1.41 bits per heavy atom. The Hall–Kier alpha value is -4.31. The highest BCUT2D eigenvalue weighted by Gasteiger charge is 2.04. The van der Waals surface area contributed by atoms with Crippen LogP contribution in [0, 0.1) is 6.92 Å². The average Bonchev–Trinajstić information content (AvgIpc) is 2.85. The molecule has 0 aliphatic heterocycles. The van der Waals surface area contributed by atoms with Crippen LogP contribution in [0.1, 0.15) is 11.1 Å². The van der Waals surface area contributed by atoms with E-state index in [-0.39, 0.29) is 0 Å². The van der Waals surface area contributed by atoms with Gasteiger partial charge in [-0.1, -0.05) is 66.2 Å². The van der Waals surface area contributed by atoms with Gasteiger partial charge in [-0.05, 0) is 36.8 Å². The van der Waals surface area contributed by atoms with Crippen LogP contribution in [0.2, 0.25) is 0 Å². The van der Waals surface area contributed by atoms with E-state index in [2.05, 4.69) is 58.6 Å². The molecule has 0 bridgehead atoms. The fourth-order valence-corrected chi connectivity index (χ4v) is 3.65. The normalized spacial score (nSPS) is 12.0. The second-order valence-corrected chi connectivity index (χ2v) is 7.60. The summed E-state index contributed by atoms with van der Waals surface area (Å²) in [5.41, 5.74) is 6.87. The Morgan fingerprint density at radius 1 is 0.750 bits per heavy atom. The van der Waals surface area contributed by atoms with Crippen LogP contribution in [-0.2, 0) is 0 Å². The highest BCUT2D eigenvalue weighted by atomic mass is 14.9. The number of hydrogen-bond acceptors (Lipinski definition) is 4. The molecule has 0 spiro atoms. The molecular weight excluding hydrogens is 392 g/mol. The van der Waals surface area contributed by atoms with E-state index in [0.29, 0.717) is 0 Å². The number of para-hydroxylation sites is 2. The molecule has 0 saturated carbocycles. The van der Waals surface area contributed by atoms with Crippen molar-refractivity contribution in [3.63, 3.8) is 0 Å². The minimum atomic E-state index is 0.841. The lowest BCUT2D eigenvalue weighted by atomic mass is 10.1. The monoisotopic (exact) mass is 414 g/mol. The summed E-state index contributed by atoms with van der Waals surface area (Å²) in [5, 5.41) is 5.61. The summed E-state index contributed by atoms with van der Waals surface area (Å²) in [5.74, 6) is 0. The van der Waals surface area contributed by atoms with Crippen molar-refractivity contribution >= 4 is 45.0 Å². The molecule has 0 fully saturated rings. The third-order valence-electron chi connectivity index (χ3n) is 5.35. The van der Waals surface area contributed by atoms with Crippen molar-refractivity contribution in [3.05, 3.63) is 115 Å². The van der Waals surface area contributed by atoms with Gasteiger partial charge < -0.3 is 5.32 Å². The van der Waals surface area contributed by atoms with Crippen LogP contribution in [0.15, 0.2) is 109 Å². The van der Waals surface area contributed by atoms with Gasteiger partial charge in [-0.3, -0.25) is 15.0 Å². The van der Waals surface area contributed by atoms with Crippen molar-refractivity contribution < 1.29 is 0 Å². The number of fused-ring (bicyclic) bond motifs is 2. The van der Waals surface area contributed by atoms with E-state index in [1.807, 2.05) is 67.1 Å². The van der Waals surface area contributed by atoms with Gasteiger partial charge in [0.05, 0.1) is 22.4 Å². The van der Waals surface area contributed by atoms with Crippen molar-refractivity contribution in [1.82, 2.24) is 9.97 Å². The van der Waals surface area contributed by atoms with Crippen LogP contribution < -0.4 is 5.32 Å². The fourth-order valence-electron chi connectivity index (χ4n) is 3.65. The standard InChI is InChI=1S/C28H22N4/c1-20-12-14-21(15-13-20)24(18-31-25-10-2-6-22-8-4-16-29-27(22)25)19-32-26-11-3-7-23-9-5-17-30-28(23)26/h2-19,31H,1H3/b24-18-,32-19?. The van der Waals surface area contributed by atoms with Crippen LogP contribution in [-0.4, -0.2) is 16.2 Å². The third-order valence-corrected chi connectivity index (χ3v) is 5.35. The Balaban J connectivity index is 1.54. The zero-order valence-corrected chi connectivity index (χ0v) is 17.7. The molecule has 4 nitrogen and oxygen atoms in total. The number of rotatable bonds is 5. The molecule has 0 aliphatic rings. The lowest BCUT2D eigenvalue weighted by Crippen LogP contribution is -1.95. The Morgan fingerprint density at radius 3 is 2.19 bits per heavy atom. The summed E-state index contributed by atoms with van der Waals surface area (Å²) < 4.78 is 0. The first-order valence-electron chi connectivity index (χ1n) is 10.5. The quantitative estimate of drug-likeness (QED) is 0.317. The fraction of sp³-hybridized carbons (Fsp3) is 0.0357. The van der Waals surface area contributed by atoms with Crippen LogP contribution in [0.25, 0.3) is 27.4 Å².